The van der Waals surface area contributed by atoms with Gasteiger partial charge in [-0.25, -0.2) is 0 Å². The van der Waals surface area contributed by atoms with Crippen molar-refractivity contribution in [2.45, 2.75) is 46.1 Å². The fourth-order valence-electron chi connectivity index (χ4n) is 1.99. The molecule has 0 amide bonds. The zero-order chi connectivity index (χ0) is 13.5. The highest BCUT2D eigenvalue weighted by Gasteiger charge is 2.17. The molecular formula is C15H23Cl2N. The number of benzene rings is 1. The third kappa shape index (κ3) is 4.79. The van der Waals surface area contributed by atoms with Gasteiger partial charge >= 0.3 is 0 Å². The van der Waals surface area contributed by atoms with Crippen LogP contribution in [0.15, 0.2) is 18.2 Å². The molecule has 1 aromatic carbocycles. The number of hydrogen-bond donors (Lipinski definition) is 1. The van der Waals surface area contributed by atoms with Crippen molar-refractivity contribution in [3.05, 3.63) is 33.8 Å². The van der Waals surface area contributed by atoms with Gasteiger partial charge in [-0.2, -0.15) is 0 Å². The molecular weight excluding hydrogens is 265 g/mol. The maximum absolute atomic E-state index is 6.30. The minimum absolute atomic E-state index is 0.297. The number of rotatable bonds is 7. The molecule has 1 aromatic rings. The SMILES string of the molecule is CCCNC(CC(C)CC)c1cc(Cl)ccc1Cl. The zero-order valence-electron chi connectivity index (χ0n) is 11.5. The van der Waals surface area contributed by atoms with Gasteiger partial charge in [0, 0.05) is 16.1 Å². The van der Waals surface area contributed by atoms with Crippen LogP contribution < -0.4 is 5.32 Å². The monoisotopic (exact) mass is 287 g/mol. The van der Waals surface area contributed by atoms with Crippen molar-refractivity contribution >= 4 is 23.2 Å². The molecule has 1 rings (SSSR count). The average Bonchev–Trinajstić information content (AvgIpc) is 2.37. The quantitative estimate of drug-likeness (QED) is 0.701. The van der Waals surface area contributed by atoms with Gasteiger partial charge in [0.05, 0.1) is 0 Å². The van der Waals surface area contributed by atoms with Crippen molar-refractivity contribution in [3.63, 3.8) is 0 Å². The maximum Gasteiger partial charge on any atom is 0.0454 e. The summed E-state index contributed by atoms with van der Waals surface area (Å²) >= 11 is 12.4. The van der Waals surface area contributed by atoms with Crippen molar-refractivity contribution in [2.75, 3.05) is 6.54 Å². The molecule has 0 aliphatic rings. The molecule has 1 nitrogen and oxygen atoms in total. The minimum atomic E-state index is 0.297. The van der Waals surface area contributed by atoms with Crippen LogP contribution in [0, 0.1) is 5.92 Å². The van der Waals surface area contributed by atoms with Crippen molar-refractivity contribution in [3.8, 4) is 0 Å². The zero-order valence-corrected chi connectivity index (χ0v) is 13.0. The van der Waals surface area contributed by atoms with Gasteiger partial charge in [0.1, 0.15) is 0 Å². The molecule has 2 unspecified atom stereocenters. The molecule has 0 aromatic heterocycles. The Hall–Kier alpha value is -0.240. The fourth-order valence-corrected chi connectivity index (χ4v) is 2.42. The van der Waals surface area contributed by atoms with Crippen molar-refractivity contribution in [2.24, 2.45) is 5.92 Å². The lowest BCUT2D eigenvalue weighted by atomic mass is 9.94. The highest BCUT2D eigenvalue weighted by molar-refractivity contribution is 6.33. The van der Waals surface area contributed by atoms with Gasteiger partial charge in [0.2, 0.25) is 0 Å². The Morgan fingerprint density at radius 2 is 1.94 bits per heavy atom. The van der Waals surface area contributed by atoms with Gasteiger partial charge < -0.3 is 5.32 Å². The molecule has 102 valence electrons. The highest BCUT2D eigenvalue weighted by Crippen LogP contribution is 2.30. The molecule has 0 saturated heterocycles. The molecule has 0 fully saturated rings. The first-order valence-electron chi connectivity index (χ1n) is 6.76. The fraction of sp³-hybridized carbons (Fsp3) is 0.600. The summed E-state index contributed by atoms with van der Waals surface area (Å²) in [5.74, 6) is 0.675. The molecule has 3 heteroatoms. The Balaban J connectivity index is 2.89. The van der Waals surface area contributed by atoms with E-state index in [0.717, 1.165) is 35.0 Å². The predicted octanol–water partition coefficient (Wildman–Crippen LogP) is 5.47. The third-order valence-corrected chi connectivity index (χ3v) is 3.89. The van der Waals surface area contributed by atoms with Crippen LogP contribution in [0.1, 0.15) is 51.6 Å². The molecule has 0 bridgehead atoms. The lowest BCUT2D eigenvalue weighted by Gasteiger charge is -2.23. The summed E-state index contributed by atoms with van der Waals surface area (Å²) in [7, 11) is 0. The van der Waals surface area contributed by atoms with Crippen molar-refractivity contribution in [1.29, 1.82) is 0 Å². The van der Waals surface area contributed by atoms with E-state index in [2.05, 4.69) is 26.1 Å². The normalized spacial score (nSPS) is 14.5. The molecule has 0 spiro atoms. The van der Waals surface area contributed by atoms with E-state index >= 15 is 0 Å². The topological polar surface area (TPSA) is 12.0 Å². The molecule has 2 atom stereocenters. The van der Waals surface area contributed by atoms with Gasteiger partial charge in [0.15, 0.2) is 0 Å². The van der Waals surface area contributed by atoms with E-state index in [-0.39, 0.29) is 0 Å². The second kappa shape index (κ2) is 8.04. The van der Waals surface area contributed by atoms with Crippen LogP contribution in [-0.2, 0) is 0 Å². The maximum atomic E-state index is 6.30. The number of hydrogen-bond acceptors (Lipinski definition) is 1. The highest BCUT2D eigenvalue weighted by atomic mass is 35.5. The second-order valence-electron chi connectivity index (χ2n) is 4.92. The van der Waals surface area contributed by atoms with Gasteiger partial charge in [-0.1, -0.05) is 50.4 Å². The summed E-state index contributed by atoms with van der Waals surface area (Å²) in [5, 5.41) is 5.13. The third-order valence-electron chi connectivity index (χ3n) is 3.31. The minimum Gasteiger partial charge on any atom is -0.310 e. The summed E-state index contributed by atoms with van der Waals surface area (Å²) in [6.45, 7) is 7.68. The number of halogens is 2. The van der Waals surface area contributed by atoms with E-state index in [9.17, 15) is 0 Å². The Kier molecular flexibility index (Phi) is 7.06. The van der Waals surface area contributed by atoms with Crippen LogP contribution in [0.25, 0.3) is 0 Å². The van der Waals surface area contributed by atoms with E-state index in [1.807, 2.05) is 18.2 Å². The smallest absolute Gasteiger partial charge is 0.0454 e. The predicted molar refractivity (Wildman–Crippen MR) is 81.6 cm³/mol. The van der Waals surface area contributed by atoms with Gasteiger partial charge in [-0.15, -0.1) is 0 Å². The Morgan fingerprint density at radius 3 is 2.56 bits per heavy atom. The van der Waals surface area contributed by atoms with E-state index in [1.165, 1.54) is 6.42 Å². The Morgan fingerprint density at radius 1 is 1.22 bits per heavy atom. The second-order valence-corrected chi connectivity index (χ2v) is 5.77. The molecule has 0 aliphatic heterocycles. The largest absolute Gasteiger partial charge is 0.310 e. The van der Waals surface area contributed by atoms with Gasteiger partial charge in [-0.05, 0) is 49.1 Å². The van der Waals surface area contributed by atoms with Crippen LogP contribution in [0.4, 0.5) is 0 Å². The number of nitrogens with one attached hydrogen (secondary N) is 1. The summed E-state index contributed by atoms with van der Waals surface area (Å²) < 4.78 is 0. The molecule has 0 saturated carbocycles. The average molecular weight is 288 g/mol. The van der Waals surface area contributed by atoms with Crippen LogP contribution >= 0.6 is 23.2 Å². The standard InChI is InChI=1S/C15H23Cl2N/c1-4-8-18-15(9-11(3)5-2)13-10-12(16)6-7-14(13)17/h6-7,10-11,15,18H,4-5,8-9H2,1-3H3. The van der Waals surface area contributed by atoms with E-state index in [0.29, 0.717) is 12.0 Å². The molecule has 0 radical (unpaired) electrons. The van der Waals surface area contributed by atoms with Crippen LogP contribution in [-0.4, -0.2) is 6.54 Å². The summed E-state index contributed by atoms with van der Waals surface area (Å²) in [4.78, 5) is 0. The van der Waals surface area contributed by atoms with Crippen molar-refractivity contribution < 1.29 is 0 Å². The molecule has 1 N–H and O–H groups in total. The Bertz CT molecular complexity index is 366. The molecule has 0 aliphatic carbocycles. The molecule has 0 heterocycles. The van der Waals surface area contributed by atoms with E-state index in [1.54, 1.807) is 0 Å². The summed E-state index contributed by atoms with van der Waals surface area (Å²) in [6.07, 6.45) is 3.40. The first-order chi connectivity index (χ1) is 8.58. The van der Waals surface area contributed by atoms with Crippen LogP contribution in [0.2, 0.25) is 10.0 Å². The first-order valence-corrected chi connectivity index (χ1v) is 7.52. The first kappa shape index (κ1) is 15.8. The Labute approximate surface area is 121 Å². The van der Waals surface area contributed by atoms with Crippen molar-refractivity contribution in [1.82, 2.24) is 5.32 Å². The van der Waals surface area contributed by atoms with Gasteiger partial charge in [-0.3, -0.25) is 0 Å². The van der Waals surface area contributed by atoms with Gasteiger partial charge in [0.25, 0.3) is 0 Å². The van der Waals surface area contributed by atoms with E-state index < -0.39 is 0 Å². The van der Waals surface area contributed by atoms with E-state index in [4.69, 9.17) is 23.2 Å². The lowest BCUT2D eigenvalue weighted by Crippen LogP contribution is -2.24. The molecule has 18 heavy (non-hydrogen) atoms. The van der Waals surface area contributed by atoms with Crippen LogP contribution in [0.3, 0.4) is 0 Å². The lowest BCUT2D eigenvalue weighted by molar-refractivity contribution is 0.402. The van der Waals surface area contributed by atoms with Crippen LogP contribution in [0.5, 0.6) is 0 Å². The summed E-state index contributed by atoms with van der Waals surface area (Å²) in [6, 6.07) is 6.01. The summed E-state index contributed by atoms with van der Waals surface area (Å²) in [5.41, 5.74) is 1.12.